The Kier molecular flexibility index (Phi) is 2.32. The Bertz CT molecular complexity index is 150. The molecule has 0 aromatic heterocycles. The molecule has 0 aromatic carbocycles. The summed E-state index contributed by atoms with van der Waals surface area (Å²) in [5.74, 6) is 0. The van der Waals surface area contributed by atoms with Crippen LogP contribution in [0, 0.1) is 10.8 Å². The average Bonchev–Trinajstić information content (AvgIpc) is 2.35. The first-order valence-electron chi connectivity index (χ1n) is 4.79. The van der Waals surface area contributed by atoms with Gasteiger partial charge in [-0.3, -0.25) is 0 Å². The van der Waals surface area contributed by atoms with E-state index < -0.39 is 0 Å². The molecule has 0 aromatic rings. The molecular weight excluding hydrogens is 164 g/mol. The predicted molar refractivity (Wildman–Crippen MR) is 59.8 cm³/mol. The zero-order valence-corrected chi connectivity index (χ0v) is 10.4. The molecule has 0 radical (unpaired) electrons. The zero-order valence-electron chi connectivity index (χ0n) is 9.56. The number of hydrogen-bond acceptors (Lipinski definition) is 0. The van der Waals surface area contributed by atoms with Crippen LogP contribution in [0.1, 0.15) is 41.5 Å². The molecule has 0 unspecified atom stereocenters. The summed E-state index contributed by atoms with van der Waals surface area (Å²) in [4.78, 5) is 0. The van der Waals surface area contributed by atoms with Crippen LogP contribution in [0.2, 0.25) is 0 Å². The van der Waals surface area contributed by atoms with Crippen molar-refractivity contribution >= 4 is 10.9 Å². The summed E-state index contributed by atoms with van der Waals surface area (Å²) in [6, 6.07) is 0. The maximum atomic E-state index is 2.44. The Hall–Kier alpha value is 0.350. The van der Waals surface area contributed by atoms with Crippen LogP contribution in [0.5, 0.6) is 0 Å². The van der Waals surface area contributed by atoms with E-state index in [9.17, 15) is 0 Å². The van der Waals surface area contributed by atoms with Gasteiger partial charge >= 0.3 is 0 Å². The Morgan fingerprint density at radius 1 is 0.750 bits per heavy atom. The molecule has 0 aliphatic carbocycles. The van der Waals surface area contributed by atoms with Gasteiger partial charge in [-0.2, -0.15) is 0 Å². The van der Waals surface area contributed by atoms with E-state index >= 15 is 0 Å². The van der Waals surface area contributed by atoms with E-state index in [0.29, 0.717) is 21.7 Å². The quantitative estimate of drug-likeness (QED) is 0.404. The van der Waals surface area contributed by atoms with Gasteiger partial charge in [0.1, 0.15) is 0 Å². The van der Waals surface area contributed by atoms with E-state index in [1.807, 2.05) is 0 Å². The molecule has 1 saturated heterocycles. The van der Waals surface area contributed by atoms with Crippen LogP contribution in [0.25, 0.3) is 0 Å². The lowest BCUT2D eigenvalue weighted by Crippen LogP contribution is -2.23. The van der Waals surface area contributed by atoms with E-state index in [2.05, 4.69) is 47.8 Å². The summed E-state index contributed by atoms with van der Waals surface area (Å²) in [5.41, 5.74) is 1.05. The van der Waals surface area contributed by atoms with Gasteiger partial charge < -0.3 is 0 Å². The minimum Gasteiger partial charge on any atom is -0.0552 e. The largest absolute Gasteiger partial charge is 0.170 e. The number of hydrogen-bond donors (Lipinski definition) is 0. The van der Waals surface area contributed by atoms with Gasteiger partial charge in [0.15, 0.2) is 10.5 Å². The van der Waals surface area contributed by atoms with E-state index in [-0.39, 0.29) is 0 Å². The first-order chi connectivity index (χ1) is 5.15. The fourth-order valence-electron chi connectivity index (χ4n) is 2.33. The van der Waals surface area contributed by atoms with Crippen LogP contribution in [0.3, 0.4) is 0 Å². The van der Waals surface area contributed by atoms with Crippen LogP contribution in [0.4, 0.5) is 0 Å². The maximum Gasteiger partial charge on any atom is 0.170 e. The molecule has 1 fully saturated rings. The Morgan fingerprint density at radius 3 is 1.08 bits per heavy atom. The highest BCUT2D eigenvalue weighted by atomic mass is 32.2. The SMILES string of the molecule is C[S+]1[C@H](C(C)(C)C)[C@H]1C(C)(C)C. The first-order valence-corrected chi connectivity index (χ1v) is 6.55. The van der Waals surface area contributed by atoms with Gasteiger partial charge in [-0.15, -0.1) is 0 Å². The molecule has 72 valence electrons. The molecule has 1 rings (SSSR count). The monoisotopic (exact) mass is 187 g/mol. The lowest BCUT2D eigenvalue weighted by molar-refractivity contribution is 0.335. The normalized spacial score (nSPS) is 36.8. The molecule has 0 spiro atoms. The molecule has 1 aliphatic heterocycles. The highest BCUT2D eigenvalue weighted by Crippen LogP contribution is 2.53. The molecule has 2 atom stereocenters. The van der Waals surface area contributed by atoms with Crippen molar-refractivity contribution in [2.45, 2.75) is 52.0 Å². The van der Waals surface area contributed by atoms with Gasteiger partial charge in [0.2, 0.25) is 0 Å². The van der Waals surface area contributed by atoms with Crippen molar-refractivity contribution in [1.29, 1.82) is 0 Å². The van der Waals surface area contributed by atoms with Crippen LogP contribution >= 0.6 is 0 Å². The third-order valence-electron chi connectivity index (χ3n) is 2.71. The van der Waals surface area contributed by atoms with Crippen LogP contribution in [-0.2, 0) is 10.9 Å². The molecule has 1 aliphatic rings. The molecular formula is C11H23S+. The summed E-state index contributed by atoms with van der Waals surface area (Å²) >= 11 is 0. The summed E-state index contributed by atoms with van der Waals surface area (Å²) in [5, 5.41) is 1.94. The van der Waals surface area contributed by atoms with Crippen molar-refractivity contribution in [2.24, 2.45) is 10.8 Å². The van der Waals surface area contributed by atoms with Gasteiger partial charge in [0.05, 0.1) is 6.26 Å². The number of rotatable bonds is 0. The van der Waals surface area contributed by atoms with Gasteiger partial charge in [0, 0.05) is 21.7 Å². The Morgan fingerprint density at radius 2 is 1.00 bits per heavy atom. The standard InChI is InChI=1S/C11H23S/c1-10(2,3)8-9(12(8)7)11(4,5)6/h8-9H,1-7H3/q+1/t8-,9-/m0/s1. The lowest BCUT2D eigenvalue weighted by Gasteiger charge is -2.16. The van der Waals surface area contributed by atoms with Crippen LogP contribution < -0.4 is 0 Å². The summed E-state index contributed by atoms with van der Waals surface area (Å²) in [6.07, 6.45) is 2.44. The van der Waals surface area contributed by atoms with Gasteiger partial charge in [0.25, 0.3) is 0 Å². The second kappa shape index (κ2) is 2.67. The maximum absolute atomic E-state index is 2.44. The van der Waals surface area contributed by atoms with Crippen molar-refractivity contribution in [3.63, 3.8) is 0 Å². The van der Waals surface area contributed by atoms with E-state index in [0.717, 1.165) is 10.5 Å². The van der Waals surface area contributed by atoms with Crippen molar-refractivity contribution in [1.82, 2.24) is 0 Å². The molecule has 0 bridgehead atoms. The topological polar surface area (TPSA) is 0 Å². The van der Waals surface area contributed by atoms with Crippen molar-refractivity contribution in [3.8, 4) is 0 Å². The Labute approximate surface area is 80.5 Å². The highest BCUT2D eigenvalue weighted by molar-refractivity contribution is 8.04. The molecule has 0 nitrogen and oxygen atoms in total. The third-order valence-corrected chi connectivity index (χ3v) is 5.95. The van der Waals surface area contributed by atoms with Crippen molar-refractivity contribution in [3.05, 3.63) is 0 Å². The lowest BCUT2D eigenvalue weighted by atomic mass is 9.81. The van der Waals surface area contributed by atoms with E-state index in [4.69, 9.17) is 0 Å². The second-order valence-corrected chi connectivity index (χ2v) is 8.41. The molecule has 1 heterocycles. The smallest absolute Gasteiger partial charge is 0.0552 e. The van der Waals surface area contributed by atoms with Crippen molar-refractivity contribution < 1.29 is 0 Å². The fraction of sp³-hybridized carbons (Fsp3) is 1.00. The molecule has 0 amide bonds. The van der Waals surface area contributed by atoms with Crippen LogP contribution in [0.15, 0.2) is 0 Å². The average molecular weight is 187 g/mol. The predicted octanol–water partition coefficient (Wildman–Crippen LogP) is 3.08. The zero-order chi connectivity index (χ0) is 9.73. The van der Waals surface area contributed by atoms with E-state index in [1.54, 1.807) is 0 Å². The third kappa shape index (κ3) is 1.81. The Balaban J connectivity index is 2.67. The molecule has 0 saturated carbocycles. The molecule has 0 N–H and O–H groups in total. The van der Waals surface area contributed by atoms with Gasteiger partial charge in [-0.05, 0) is 0 Å². The van der Waals surface area contributed by atoms with Gasteiger partial charge in [-0.1, -0.05) is 41.5 Å². The molecule has 12 heavy (non-hydrogen) atoms. The minimum atomic E-state index is 0.524. The first kappa shape index (κ1) is 10.4. The van der Waals surface area contributed by atoms with E-state index in [1.165, 1.54) is 0 Å². The summed E-state index contributed by atoms with van der Waals surface area (Å²) < 4.78 is 0. The molecule has 1 heteroatoms. The summed E-state index contributed by atoms with van der Waals surface area (Å²) in [7, 11) is 0.674. The van der Waals surface area contributed by atoms with Crippen LogP contribution in [-0.4, -0.2) is 16.8 Å². The van der Waals surface area contributed by atoms with Gasteiger partial charge in [-0.25, -0.2) is 0 Å². The second-order valence-electron chi connectivity index (χ2n) is 6.18. The minimum absolute atomic E-state index is 0.524. The highest BCUT2D eigenvalue weighted by Gasteiger charge is 2.69. The van der Waals surface area contributed by atoms with Crippen molar-refractivity contribution in [2.75, 3.05) is 6.26 Å². The fourth-order valence-corrected chi connectivity index (χ4v) is 6.32. The summed E-state index contributed by atoms with van der Waals surface area (Å²) in [6.45, 7) is 14.3.